The van der Waals surface area contributed by atoms with Crippen LogP contribution in [0.15, 0.2) is 241 Å². The quantitative estimate of drug-likeness (QED) is 0.153. The molecule has 0 aliphatic heterocycles. The lowest BCUT2D eigenvalue weighted by molar-refractivity contribution is 0.669. The minimum absolute atomic E-state index is 0.863. The summed E-state index contributed by atoms with van der Waals surface area (Å²) in [6.45, 7) is 0. The maximum Gasteiger partial charge on any atom is 0.159 e. The molecule has 10 aromatic carbocycles. The van der Waals surface area contributed by atoms with Crippen molar-refractivity contribution in [3.05, 3.63) is 237 Å². The van der Waals surface area contributed by atoms with Crippen LogP contribution in [0, 0.1) is 0 Å². The summed E-state index contributed by atoms with van der Waals surface area (Å²) in [5.41, 5.74) is 16.7. The molecular formula is C58H39NO. The van der Waals surface area contributed by atoms with E-state index in [1.807, 2.05) is 12.1 Å². The second-order valence-electron chi connectivity index (χ2n) is 15.3. The van der Waals surface area contributed by atoms with Gasteiger partial charge in [-0.05, 0) is 121 Å². The first-order valence-corrected chi connectivity index (χ1v) is 20.5. The van der Waals surface area contributed by atoms with Gasteiger partial charge in [0.15, 0.2) is 5.58 Å². The third-order valence-corrected chi connectivity index (χ3v) is 11.7. The molecule has 0 saturated heterocycles. The van der Waals surface area contributed by atoms with Crippen LogP contribution in [0.3, 0.4) is 0 Å². The molecule has 0 atom stereocenters. The third-order valence-electron chi connectivity index (χ3n) is 11.7. The van der Waals surface area contributed by atoms with Gasteiger partial charge in [0.1, 0.15) is 5.58 Å². The molecule has 0 aliphatic rings. The van der Waals surface area contributed by atoms with Crippen LogP contribution in [0.25, 0.3) is 88.3 Å². The van der Waals surface area contributed by atoms with Crippen LogP contribution in [0.1, 0.15) is 0 Å². The first-order chi connectivity index (χ1) is 29.7. The van der Waals surface area contributed by atoms with Crippen LogP contribution in [0.2, 0.25) is 0 Å². The smallest absolute Gasteiger partial charge is 0.159 e. The maximum absolute atomic E-state index is 6.61. The third kappa shape index (κ3) is 6.61. The van der Waals surface area contributed by atoms with Gasteiger partial charge >= 0.3 is 0 Å². The summed E-state index contributed by atoms with van der Waals surface area (Å²) in [5, 5.41) is 4.72. The lowest BCUT2D eigenvalue weighted by Gasteiger charge is -2.26. The molecule has 0 bridgehead atoms. The van der Waals surface area contributed by atoms with Gasteiger partial charge < -0.3 is 9.32 Å². The number of fused-ring (bicyclic) bond motifs is 4. The van der Waals surface area contributed by atoms with Gasteiger partial charge in [0.2, 0.25) is 0 Å². The zero-order chi connectivity index (χ0) is 39.8. The number of hydrogen-bond acceptors (Lipinski definition) is 2. The monoisotopic (exact) mass is 765 g/mol. The van der Waals surface area contributed by atoms with Crippen molar-refractivity contribution in [2.45, 2.75) is 0 Å². The van der Waals surface area contributed by atoms with E-state index in [1.54, 1.807) is 0 Å². The van der Waals surface area contributed by atoms with E-state index in [0.717, 1.165) is 44.6 Å². The Kier molecular flexibility index (Phi) is 8.87. The normalized spacial score (nSPS) is 11.3. The highest BCUT2D eigenvalue weighted by Crippen LogP contribution is 2.43. The molecule has 0 N–H and O–H groups in total. The minimum atomic E-state index is 0.863. The van der Waals surface area contributed by atoms with Gasteiger partial charge in [0.05, 0.1) is 5.69 Å². The van der Waals surface area contributed by atoms with E-state index in [9.17, 15) is 0 Å². The average Bonchev–Trinajstić information content (AvgIpc) is 3.72. The first kappa shape index (κ1) is 35.2. The highest BCUT2D eigenvalue weighted by molar-refractivity contribution is 6.10. The highest BCUT2D eigenvalue weighted by Gasteiger charge is 2.20. The molecule has 2 nitrogen and oxygen atoms in total. The van der Waals surface area contributed by atoms with Crippen molar-refractivity contribution in [1.29, 1.82) is 0 Å². The number of nitrogens with zero attached hydrogens (tertiary/aromatic N) is 1. The molecule has 0 amide bonds. The van der Waals surface area contributed by atoms with E-state index in [1.165, 1.54) is 60.8 Å². The molecule has 0 spiro atoms. The maximum atomic E-state index is 6.61. The number of hydrogen-bond donors (Lipinski definition) is 0. The number of benzene rings is 10. The van der Waals surface area contributed by atoms with Crippen LogP contribution < -0.4 is 4.90 Å². The molecule has 282 valence electrons. The van der Waals surface area contributed by atoms with Crippen molar-refractivity contribution in [3.8, 4) is 55.6 Å². The topological polar surface area (TPSA) is 16.4 Å². The highest BCUT2D eigenvalue weighted by atomic mass is 16.3. The fourth-order valence-electron chi connectivity index (χ4n) is 8.55. The lowest BCUT2D eigenvalue weighted by Crippen LogP contribution is -2.10. The predicted molar refractivity (Wildman–Crippen MR) is 253 cm³/mol. The van der Waals surface area contributed by atoms with Crippen molar-refractivity contribution < 1.29 is 4.42 Å². The van der Waals surface area contributed by atoms with Gasteiger partial charge in [-0.15, -0.1) is 0 Å². The molecule has 0 saturated carbocycles. The summed E-state index contributed by atoms with van der Waals surface area (Å²) >= 11 is 0. The Balaban J connectivity index is 0.938. The van der Waals surface area contributed by atoms with Crippen LogP contribution in [0.4, 0.5) is 17.1 Å². The summed E-state index contributed by atoms with van der Waals surface area (Å²) in [5.74, 6) is 0. The molecule has 60 heavy (non-hydrogen) atoms. The number of para-hydroxylation sites is 2. The molecule has 0 aliphatic carbocycles. The molecule has 2 heteroatoms. The van der Waals surface area contributed by atoms with E-state index >= 15 is 0 Å². The van der Waals surface area contributed by atoms with Crippen LogP contribution in [-0.4, -0.2) is 0 Å². The van der Waals surface area contributed by atoms with Crippen molar-refractivity contribution in [1.82, 2.24) is 0 Å². The Morgan fingerprint density at radius 2 is 0.683 bits per heavy atom. The molecule has 0 unspecified atom stereocenters. The van der Waals surface area contributed by atoms with Gasteiger partial charge in [0.25, 0.3) is 0 Å². The van der Waals surface area contributed by atoms with Crippen molar-refractivity contribution >= 4 is 49.8 Å². The standard InChI is InChI=1S/C58H39NO/c1-2-11-40(12-3-1)42-23-25-43(26-24-42)44-29-33-52(34-30-44)59(56-21-10-20-55-54-19-6-7-22-57(54)60-58(55)56)53-35-31-45(32-36-53)47-15-8-16-48(37-47)49-17-9-18-50(39-49)51-28-27-41-13-4-5-14-46(41)38-51/h1-39H. The van der Waals surface area contributed by atoms with Gasteiger partial charge in [-0.3, -0.25) is 0 Å². The predicted octanol–water partition coefficient (Wildman–Crippen LogP) is 16.5. The summed E-state index contributed by atoms with van der Waals surface area (Å²) in [4.78, 5) is 2.31. The molecule has 11 rings (SSSR count). The van der Waals surface area contributed by atoms with Crippen LogP contribution in [0.5, 0.6) is 0 Å². The summed E-state index contributed by atoms with van der Waals surface area (Å²) in [6, 6.07) is 84.8. The Labute approximate surface area is 349 Å². The van der Waals surface area contributed by atoms with Crippen LogP contribution in [-0.2, 0) is 0 Å². The largest absolute Gasteiger partial charge is 0.454 e. The van der Waals surface area contributed by atoms with Gasteiger partial charge in [-0.25, -0.2) is 0 Å². The Morgan fingerprint density at radius 1 is 0.267 bits per heavy atom. The summed E-state index contributed by atoms with van der Waals surface area (Å²) in [6.07, 6.45) is 0. The van der Waals surface area contributed by atoms with E-state index in [-0.39, 0.29) is 0 Å². The number of rotatable bonds is 8. The second-order valence-corrected chi connectivity index (χ2v) is 15.3. The Morgan fingerprint density at radius 3 is 1.32 bits per heavy atom. The summed E-state index contributed by atoms with van der Waals surface area (Å²) in [7, 11) is 0. The first-order valence-electron chi connectivity index (χ1n) is 20.5. The average molecular weight is 766 g/mol. The molecule has 1 aromatic heterocycles. The number of furan rings is 1. The SMILES string of the molecule is c1ccc(-c2ccc(-c3ccc(N(c4ccc(-c5cccc(-c6cccc(-c7ccc8ccccc8c7)c6)c5)cc4)c4cccc5c4oc4ccccc45)cc3)cc2)cc1. The zero-order valence-electron chi connectivity index (χ0n) is 32.9. The minimum Gasteiger partial charge on any atom is -0.454 e. The Bertz CT molecular complexity index is 3290. The fraction of sp³-hybridized carbons (Fsp3) is 0. The van der Waals surface area contributed by atoms with Gasteiger partial charge in [0, 0.05) is 22.1 Å². The molecule has 0 fully saturated rings. The molecular weight excluding hydrogens is 727 g/mol. The zero-order valence-corrected chi connectivity index (χ0v) is 32.9. The fourth-order valence-corrected chi connectivity index (χ4v) is 8.55. The van der Waals surface area contributed by atoms with E-state index in [0.29, 0.717) is 0 Å². The number of anilines is 3. The van der Waals surface area contributed by atoms with E-state index < -0.39 is 0 Å². The van der Waals surface area contributed by atoms with Crippen LogP contribution >= 0.6 is 0 Å². The van der Waals surface area contributed by atoms with E-state index in [4.69, 9.17) is 4.42 Å². The lowest BCUT2D eigenvalue weighted by atomic mass is 9.95. The van der Waals surface area contributed by atoms with E-state index in [2.05, 4.69) is 229 Å². The Hall–Kier alpha value is -7.94. The summed E-state index contributed by atoms with van der Waals surface area (Å²) < 4.78 is 6.61. The van der Waals surface area contributed by atoms with Crippen molar-refractivity contribution in [3.63, 3.8) is 0 Å². The molecule has 1 heterocycles. The molecule has 0 radical (unpaired) electrons. The van der Waals surface area contributed by atoms with Gasteiger partial charge in [-0.2, -0.15) is 0 Å². The van der Waals surface area contributed by atoms with Gasteiger partial charge in [-0.1, -0.05) is 182 Å². The van der Waals surface area contributed by atoms with Crippen molar-refractivity contribution in [2.75, 3.05) is 4.90 Å². The molecule has 11 aromatic rings. The second kappa shape index (κ2) is 15.1. The van der Waals surface area contributed by atoms with Crippen molar-refractivity contribution in [2.24, 2.45) is 0 Å².